The Labute approximate surface area is 107 Å². The van der Waals surface area contributed by atoms with E-state index in [1.807, 2.05) is 6.92 Å². The molecule has 1 heterocycles. The molecule has 18 heavy (non-hydrogen) atoms. The summed E-state index contributed by atoms with van der Waals surface area (Å²) >= 11 is 0. The third kappa shape index (κ3) is 6.37. The zero-order valence-electron chi connectivity index (χ0n) is 10.5. The van der Waals surface area contributed by atoms with Crippen LogP contribution in [0.5, 0.6) is 0 Å². The molecule has 0 saturated carbocycles. The van der Waals surface area contributed by atoms with E-state index >= 15 is 0 Å². The van der Waals surface area contributed by atoms with Gasteiger partial charge in [-0.3, -0.25) is 0 Å². The molecule has 2 N–H and O–H groups in total. The van der Waals surface area contributed by atoms with Crippen LogP contribution in [0.3, 0.4) is 0 Å². The van der Waals surface area contributed by atoms with Crippen molar-refractivity contribution >= 4 is 5.97 Å². The Morgan fingerprint density at radius 2 is 1.89 bits per heavy atom. The van der Waals surface area contributed by atoms with Crippen molar-refractivity contribution in [2.75, 3.05) is 0 Å². The second-order valence-corrected chi connectivity index (χ2v) is 4.37. The van der Waals surface area contributed by atoms with Gasteiger partial charge < -0.3 is 14.9 Å². The predicted octanol–water partition coefficient (Wildman–Crippen LogP) is 1.49. The number of carbonyl (C=O) groups excluding carboxylic acids is 1. The number of hydrogen-bond acceptors (Lipinski definition) is 4. The van der Waals surface area contributed by atoms with E-state index in [0.29, 0.717) is 12.8 Å². The summed E-state index contributed by atoms with van der Waals surface area (Å²) in [7, 11) is 0. The van der Waals surface area contributed by atoms with Crippen molar-refractivity contribution in [3.8, 4) is 0 Å². The maximum absolute atomic E-state index is 11.4. The Kier molecular flexibility index (Phi) is 6.39. The molecule has 4 nitrogen and oxygen atoms in total. The lowest BCUT2D eigenvalue weighted by atomic mass is 10.1. The minimum Gasteiger partial charge on any atom is -0.460 e. The second kappa shape index (κ2) is 7.84. The SMILES string of the molecule is CC1CCC[C@@H](O)/C=C\C=C[C@H](O)/C=C/C(=O)O1. The molecule has 0 aromatic heterocycles. The van der Waals surface area contributed by atoms with E-state index in [-0.39, 0.29) is 6.10 Å². The minimum absolute atomic E-state index is 0.186. The maximum Gasteiger partial charge on any atom is 0.330 e. The van der Waals surface area contributed by atoms with Gasteiger partial charge in [-0.05, 0) is 32.3 Å². The number of allylic oxidation sites excluding steroid dienone is 2. The van der Waals surface area contributed by atoms with E-state index in [1.165, 1.54) is 18.2 Å². The fraction of sp³-hybridized carbons (Fsp3) is 0.500. The standard InChI is InChI=1S/C14H20O4/c1-11-5-4-8-12(15)6-2-3-7-13(16)9-10-14(17)18-11/h2-3,6-7,9-13,15-16H,4-5,8H2,1H3/b6-2-,7-3?,10-9+/t11?,12-,13-/m0/s1. The first-order chi connectivity index (χ1) is 8.58. The highest BCUT2D eigenvalue weighted by Gasteiger charge is 2.08. The largest absolute Gasteiger partial charge is 0.460 e. The predicted molar refractivity (Wildman–Crippen MR) is 68.8 cm³/mol. The molecule has 1 unspecified atom stereocenters. The molecule has 4 heteroatoms. The molecule has 0 radical (unpaired) electrons. The van der Waals surface area contributed by atoms with E-state index in [1.54, 1.807) is 18.2 Å². The number of esters is 1. The summed E-state index contributed by atoms with van der Waals surface area (Å²) in [5, 5.41) is 19.1. The number of ether oxygens (including phenoxy) is 1. The monoisotopic (exact) mass is 252 g/mol. The van der Waals surface area contributed by atoms with Crippen molar-refractivity contribution in [2.45, 2.75) is 44.5 Å². The normalized spacial score (nSPS) is 34.4. The highest BCUT2D eigenvalue weighted by molar-refractivity contribution is 5.82. The molecule has 0 saturated heterocycles. The topological polar surface area (TPSA) is 66.8 Å². The average Bonchev–Trinajstić information content (AvgIpc) is 2.31. The van der Waals surface area contributed by atoms with Gasteiger partial charge in [0, 0.05) is 6.08 Å². The molecule has 1 aliphatic heterocycles. The summed E-state index contributed by atoms with van der Waals surface area (Å²) in [6.45, 7) is 1.82. The van der Waals surface area contributed by atoms with Crippen molar-refractivity contribution in [1.29, 1.82) is 0 Å². The summed E-state index contributed by atoms with van der Waals surface area (Å²) in [6, 6.07) is 0. The van der Waals surface area contributed by atoms with Crippen LogP contribution in [0.1, 0.15) is 26.2 Å². The van der Waals surface area contributed by atoms with Gasteiger partial charge in [0.1, 0.15) is 0 Å². The number of aliphatic hydroxyl groups excluding tert-OH is 2. The molecule has 0 aliphatic carbocycles. The number of carbonyl (C=O) groups is 1. The fourth-order valence-electron chi connectivity index (χ4n) is 1.62. The molecule has 0 aromatic rings. The van der Waals surface area contributed by atoms with Gasteiger partial charge in [0.2, 0.25) is 0 Å². The van der Waals surface area contributed by atoms with Crippen LogP contribution in [0.15, 0.2) is 36.5 Å². The number of hydrogen-bond donors (Lipinski definition) is 2. The zero-order chi connectivity index (χ0) is 13.4. The second-order valence-electron chi connectivity index (χ2n) is 4.37. The summed E-state index contributed by atoms with van der Waals surface area (Å²) < 4.78 is 5.12. The van der Waals surface area contributed by atoms with Crippen LogP contribution in [0.4, 0.5) is 0 Å². The number of cyclic esters (lactones) is 1. The Morgan fingerprint density at radius 1 is 1.17 bits per heavy atom. The number of rotatable bonds is 0. The van der Waals surface area contributed by atoms with Gasteiger partial charge in [-0.2, -0.15) is 0 Å². The van der Waals surface area contributed by atoms with Gasteiger partial charge in [0.15, 0.2) is 0 Å². The maximum atomic E-state index is 11.4. The summed E-state index contributed by atoms with van der Waals surface area (Å²) in [5.41, 5.74) is 0. The van der Waals surface area contributed by atoms with Crippen molar-refractivity contribution in [3.63, 3.8) is 0 Å². The van der Waals surface area contributed by atoms with Gasteiger partial charge in [0.25, 0.3) is 0 Å². The minimum atomic E-state index is -0.836. The highest BCUT2D eigenvalue weighted by Crippen LogP contribution is 2.09. The summed E-state index contributed by atoms with van der Waals surface area (Å²) in [6.07, 6.45) is 9.71. The van der Waals surface area contributed by atoms with Gasteiger partial charge in [0.05, 0.1) is 18.3 Å². The molecule has 0 bridgehead atoms. The third-order valence-electron chi connectivity index (χ3n) is 2.61. The zero-order valence-corrected chi connectivity index (χ0v) is 10.5. The smallest absolute Gasteiger partial charge is 0.330 e. The average molecular weight is 252 g/mol. The fourth-order valence-corrected chi connectivity index (χ4v) is 1.62. The van der Waals surface area contributed by atoms with E-state index in [9.17, 15) is 15.0 Å². The van der Waals surface area contributed by atoms with Crippen LogP contribution in [0.25, 0.3) is 0 Å². The van der Waals surface area contributed by atoms with E-state index < -0.39 is 18.2 Å². The first kappa shape index (κ1) is 14.7. The summed E-state index contributed by atoms with van der Waals surface area (Å²) in [5.74, 6) is -0.455. The molecule has 1 aliphatic rings. The third-order valence-corrected chi connectivity index (χ3v) is 2.61. The van der Waals surface area contributed by atoms with Gasteiger partial charge in [-0.25, -0.2) is 4.79 Å². The highest BCUT2D eigenvalue weighted by atomic mass is 16.5. The van der Waals surface area contributed by atoms with E-state index in [4.69, 9.17) is 4.74 Å². The van der Waals surface area contributed by atoms with Crippen LogP contribution in [0.2, 0.25) is 0 Å². The lowest BCUT2D eigenvalue weighted by Crippen LogP contribution is -2.14. The van der Waals surface area contributed by atoms with Crippen LogP contribution in [0, 0.1) is 0 Å². The van der Waals surface area contributed by atoms with Gasteiger partial charge in [-0.15, -0.1) is 0 Å². The molecule has 3 atom stereocenters. The first-order valence-electron chi connectivity index (χ1n) is 6.18. The van der Waals surface area contributed by atoms with Crippen molar-refractivity contribution in [1.82, 2.24) is 0 Å². The molecule has 0 aromatic carbocycles. The lowest BCUT2D eigenvalue weighted by molar-refractivity contribution is -0.142. The molecular weight excluding hydrogens is 232 g/mol. The Morgan fingerprint density at radius 3 is 2.67 bits per heavy atom. The Balaban J connectivity index is 2.68. The molecule has 0 amide bonds. The molecule has 100 valence electrons. The van der Waals surface area contributed by atoms with Crippen molar-refractivity contribution in [3.05, 3.63) is 36.5 Å². The molecule has 0 spiro atoms. The quantitative estimate of drug-likeness (QED) is 0.641. The van der Waals surface area contributed by atoms with Crippen LogP contribution in [-0.2, 0) is 9.53 Å². The van der Waals surface area contributed by atoms with Crippen molar-refractivity contribution in [2.24, 2.45) is 0 Å². The lowest BCUT2D eigenvalue weighted by Gasteiger charge is -2.13. The van der Waals surface area contributed by atoms with Crippen molar-refractivity contribution < 1.29 is 19.7 Å². The molecular formula is C14H20O4. The van der Waals surface area contributed by atoms with Crippen LogP contribution in [-0.4, -0.2) is 34.5 Å². The molecule has 0 fully saturated rings. The Hall–Kier alpha value is -1.39. The van der Waals surface area contributed by atoms with E-state index in [0.717, 1.165) is 6.42 Å². The van der Waals surface area contributed by atoms with Crippen LogP contribution >= 0.6 is 0 Å². The van der Waals surface area contributed by atoms with Gasteiger partial charge >= 0.3 is 5.97 Å². The van der Waals surface area contributed by atoms with Gasteiger partial charge in [-0.1, -0.05) is 24.3 Å². The Bertz CT molecular complexity index is 344. The number of aliphatic hydroxyl groups is 2. The molecule has 1 rings (SSSR count). The van der Waals surface area contributed by atoms with Crippen LogP contribution < -0.4 is 0 Å². The first-order valence-corrected chi connectivity index (χ1v) is 6.18. The van der Waals surface area contributed by atoms with E-state index in [2.05, 4.69) is 0 Å². The summed E-state index contributed by atoms with van der Waals surface area (Å²) in [4.78, 5) is 11.4.